The quantitative estimate of drug-likeness (QED) is 0.694. The van der Waals surface area contributed by atoms with Crippen LogP contribution in [-0.4, -0.2) is 33.1 Å². The smallest absolute Gasteiger partial charge is 0.343 e. The molecule has 0 aliphatic heterocycles. The van der Waals surface area contributed by atoms with Crippen molar-refractivity contribution < 1.29 is 23.1 Å². The molecule has 2 aromatic heterocycles. The Bertz CT molecular complexity index is 1030. The molecule has 0 atom stereocenters. The molecule has 2 heterocycles. The number of rotatable bonds is 5. The predicted octanol–water partition coefficient (Wildman–Crippen LogP) is 2.42. The van der Waals surface area contributed by atoms with E-state index in [1.54, 1.807) is 13.8 Å². The molecule has 7 nitrogen and oxygen atoms in total. The van der Waals surface area contributed by atoms with Crippen molar-refractivity contribution in [1.82, 2.24) is 19.9 Å². The fourth-order valence-electron chi connectivity index (χ4n) is 2.50. The number of ether oxygens (including phenoxy) is 1. The normalized spacial score (nSPS) is 10.8. The number of hydrogen-bond donors (Lipinski definition) is 1. The van der Waals surface area contributed by atoms with Gasteiger partial charge < -0.3 is 10.1 Å². The Morgan fingerprint density at radius 3 is 2.70 bits per heavy atom. The van der Waals surface area contributed by atoms with E-state index in [1.165, 1.54) is 22.8 Å². The number of carbonyl (C=O) groups excluding carboxylic acids is 2. The van der Waals surface area contributed by atoms with Gasteiger partial charge in [0.25, 0.3) is 5.91 Å². The number of aryl methyl sites for hydroxylation is 1. The Kier molecular flexibility index (Phi) is 5.11. The van der Waals surface area contributed by atoms with Gasteiger partial charge in [-0.15, -0.1) is 0 Å². The molecule has 27 heavy (non-hydrogen) atoms. The molecule has 0 fully saturated rings. The van der Waals surface area contributed by atoms with E-state index in [0.717, 1.165) is 12.1 Å². The molecule has 3 rings (SSSR count). The summed E-state index contributed by atoms with van der Waals surface area (Å²) in [5, 5.41) is 6.66. The summed E-state index contributed by atoms with van der Waals surface area (Å²) >= 11 is 0. The van der Waals surface area contributed by atoms with Crippen molar-refractivity contribution in [3.8, 4) is 0 Å². The summed E-state index contributed by atoms with van der Waals surface area (Å²) in [5.41, 5.74) is 1.40. The first-order valence-corrected chi connectivity index (χ1v) is 8.15. The average molecular weight is 374 g/mol. The Hall–Kier alpha value is -3.36. The van der Waals surface area contributed by atoms with Gasteiger partial charge in [0.1, 0.15) is 11.3 Å². The summed E-state index contributed by atoms with van der Waals surface area (Å²) in [5.74, 6) is -3.06. The monoisotopic (exact) mass is 374 g/mol. The van der Waals surface area contributed by atoms with Gasteiger partial charge in [-0.3, -0.25) is 4.79 Å². The number of hydrogen-bond acceptors (Lipinski definition) is 5. The molecule has 0 spiro atoms. The lowest BCUT2D eigenvalue weighted by Gasteiger charge is -2.08. The van der Waals surface area contributed by atoms with Crippen molar-refractivity contribution in [1.29, 1.82) is 0 Å². The molecular weight excluding hydrogens is 358 g/mol. The van der Waals surface area contributed by atoms with Gasteiger partial charge in [-0.25, -0.2) is 23.1 Å². The van der Waals surface area contributed by atoms with Crippen LogP contribution in [0.4, 0.5) is 8.78 Å². The lowest BCUT2D eigenvalue weighted by molar-refractivity contribution is 0.0528. The Morgan fingerprint density at radius 1 is 1.22 bits per heavy atom. The Morgan fingerprint density at radius 2 is 2.00 bits per heavy atom. The van der Waals surface area contributed by atoms with Gasteiger partial charge in [0.15, 0.2) is 17.3 Å². The van der Waals surface area contributed by atoms with Crippen molar-refractivity contribution in [3.05, 3.63) is 64.6 Å². The maximum Gasteiger partial charge on any atom is 0.343 e. The third-order valence-corrected chi connectivity index (χ3v) is 3.81. The van der Waals surface area contributed by atoms with E-state index in [1.807, 2.05) is 0 Å². The fourth-order valence-corrected chi connectivity index (χ4v) is 2.50. The minimum absolute atomic E-state index is 0.00800. The van der Waals surface area contributed by atoms with Crippen LogP contribution in [0.25, 0.3) is 5.65 Å². The number of carbonyl (C=O) groups is 2. The van der Waals surface area contributed by atoms with Gasteiger partial charge in [-0.05, 0) is 37.6 Å². The highest BCUT2D eigenvalue weighted by Crippen LogP contribution is 2.14. The number of nitrogens with one attached hydrogen (secondary N) is 1. The van der Waals surface area contributed by atoms with Crippen LogP contribution in [0.15, 0.2) is 30.5 Å². The molecule has 3 aromatic rings. The molecule has 1 amide bonds. The van der Waals surface area contributed by atoms with Crippen LogP contribution in [0.5, 0.6) is 0 Å². The first-order chi connectivity index (χ1) is 12.9. The van der Waals surface area contributed by atoms with Crippen LogP contribution in [0.3, 0.4) is 0 Å². The van der Waals surface area contributed by atoms with Crippen molar-refractivity contribution >= 4 is 17.5 Å². The number of nitrogens with zero attached hydrogens (tertiary/aromatic N) is 3. The summed E-state index contributed by atoms with van der Waals surface area (Å²) < 4.78 is 32.6. The fraction of sp³-hybridized carbons (Fsp3) is 0.222. The lowest BCUT2D eigenvalue weighted by atomic mass is 10.2. The van der Waals surface area contributed by atoms with E-state index >= 15 is 0 Å². The van der Waals surface area contributed by atoms with Gasteiger partial charge in [-0.2, -0.15) is 5.10 Å². The van der Waals surface area contributed by atoms with Gasteiger partial charge in [0, 0.05) is 12.2 Å². The zero-order chi connectivity index (χ0) is 19.6. The maximum absolute atomic E-state index is 13.2. The van der Waals surface area contributed by atoms with Crippen molar-refractivity contribution in [2.45, 2.75) is 20.4 Å². The minimum Gasteiger partial charge on any atom is -0.462 e. The maximum atomic E-state index is 13.2. The number of benzene rings is 1. The summed E-state index contributed by atoms with van der Waals surface area (Å²) in [4.78, 5) is 28.6. The third-order valence-electron chi connectivity index (χ3n) is 3.81. The molecule has 0 aliphatic rings. The number of aromatic nitrogens is 3. The summed E-state index contributed by atoms with van der Waals surface area (Å²) in [7, 11) is 0. The van der Waals surface area contributed by atoms with E-state index in [0.29, 0.717) is 11.3 Å². The second kappa shape index (κ2) is 7.48. The van der Waals surface area contributed by atoms with Crippen LogP contribution < -0.4 is 5.32 Å². The Balaban J connectivity index is 1.84. The molecule has 0 bridgehead atoms. The number of amides is 1. The van der Waals surface area contributed by atoms with Crippen molar-refractivity contribution in [2.24, 2.45) is 0 Å². The number of esters is 1. The molecule has 0 saturated carbocycles. The van der Waals surface area contributed by atoms with E-state index < -0.39 is 23.5 Å². The minimum atomic E-state index is -0.990. The SMILES string of the molecule is CCOC(=O)c1cnn2c(C)cc(C(=O)NCc3ccc(F)c(F)c3)nc12. The highest BCUT2D eigenvalue weighted by molar-refractivity contribution is 5.97. The average Bonchev–Trinajstić information content (AvgIpc) is 3.07. The Labute approximate surface area is 153 Å². The lowest BCUT2D eigenvalue weighted by Crippen LogP contribution is -2.24. The molecule has 9 heteroatoms. The molecule has 1 aromatic carbocycles. The summed E-state index contributed by atoms with van der Waals surface area (Å²) in [6.07, 6.45) is 1.33. The van der Waals surface area contributed by atoms with E-state index in [9.17, 15) is 18.4 Å². The van der Waals surface area contributed by atoms with E-state index in [-0.39, 0.29) is 30.1 Å². The molecular formula is C18H16F2N4O3. The molecule has 0 aliphatic carbocycles. The zero-order valence-electron chi connectivity index (χ0n) is 14.6. The van der Waals surface area contributed by atoms with E-state index in [4.69, 9.17) is 4.74 Å². The zero-order valence-corrected chi connectivity index (χ0v) is 14.6. The molecule has 1 N–H and O–H groups in total. The number of halogens is 2. The van der Waals surface area contributed by atoms with E-state index in [2.05, 4.69) is 15.4 Å². The van der Waals surface area contributed by atoms with Gasteiger partial charge in [-0.1, -0.05) is 6.07 Å². The van der Waals surface area contributed by atoms with Crippen LogP contribution >= 0.6 is 0 Å². The standard InChI is InChI=1S/C18H16F2N4O3/c1-3-27-18(26)12-9-22-24-10(2)6-15(23-16(12)24)17(25)21-8-11-4-5-13(19)14(20)7-11/h4-7,9H,3,8H2,1-2H3,(H,21,25). The number of fused-ring (bicyclic) bond motifs is 1. The second-order valence-electron chi connectivity index (χ2n) is 5.73. The van der Waals surface area contributed by atoms with Crippen LogP contribution in [0.2, 0.25) is 0 Å². The van der Waals surface area contributed by atoms with Crippen LogP contribution in [-0.2, 0) is 11.3 Å². The molecule has 0 saturated heterocycles. The third kappa shape index (κ3) is 3.76. The van der Waals surface area contributed by atoms with Crippen LogP contribution in [0.1, 0.15) is 39.0 Å². The first kappa shape index (κ1) is 18.4. The first-order valence-electron chi connectivity index (χ1n) is 8.15. The summed E-state index contributed by atoms with van der Waals surface area (Å²) in [6.45, 7) is 3.58. The van der Waals surface area contributed by atoms with Gasteiger partial charge in [0.2, 0.25) is 0 Å². The van der Waals surface area contributed by atoms with Crippen molar-refractivity contribution in [3.63, 3.8) is 0 Å². The second-order valence-corrected chi connectivity index (χ2v) is 5.73. The summed E-state index contributed by atoms with van der Waals surface area (Å²) in [6, 6.07) is 4.88. The molecule has 140 valence electrons. The molecule has 0 unspecified atom stereocenters. The largest absolute Gasteiger partial charge is 0.462 e. The van der Waals surface area contributed by atoms with Gasteiger partial charge >= 0.3 is 5.97 Å². The van der Waals surface area contributed by atoms with Crippen LogP contribution in [0, 0.1) is 18.6 Å². The van der Waals surface area contributed by atoms with Crippen molar-refractivity contribution in [2.75, 3.05) is 6.61 Å². The highest BCUT2D eigenvalue weighted by Gasteiger charge is 2.19. The van der Waals surface area contributed by atoms with Gasteiger partial charge in [0.05, 0.1) is 12.8 Å². The molecule has 0 radical (unpaired) electrons. The predicted molar refractivity (Wildman–Crippen MR) is 91.2 cm³/mol. The highest BCUT2D eigenvalue weighted by atomic mass is 19.2. The topological polar surface area (TPSA) is 85.6 Å².